The van der Waals surface area contributed by atoms with Gasteiger partial charge in [-0.15, -0.1) is 0 Å². The predicted molar refractivity (Wildman–Crippen MR) is 59.2 cm³/mol. The lowest BCUT2D eigenvalue weighted by atomic mass is 10.1. The number of aliphatic hydroxyl groups is 1. The maximum atomic E-state index is 13.6. The van der Waals surface area contributed by atoms with Gasteiger partial charge in [0.05, 0.1) is 11.8 Å². The molecule has 0 saturated carbocycles. The Labute approximate surface area is 106 Å². The molecule has 19 heavy (non-hydrogen) atoms. The first kappa shape index (κ1) is 13.5. The average Bonchev–Trinajstić information content (AvgIpc) is 2.76. The second-order valence-corrected chi connectivity index (χ2v) is 3.99. The molecule has 102 valence electrons. The van der Waals surface area contributed by atoms with E-state index in [-0.39, 0.29) is 11.3 Å². The van der Waals surface area contributed by atoms with E-state index in [2.05, 4.69) is 5.10 Å². The van der Waals surface area contributed by atoms with Gasteiger partial charge in [0, 0.05) is 11.8 Å². The quantitative estimate of drug-likeness (QED) is 0.855. The maximum absolute atomic E-state index is 13.6. The van der Waals surface area contributed by atoms with Crippen molar-refractivity contribution in [2.24, 2.45) is 0 Å². The molecule has 0 amide bonds. The van der Waals surface area contributed by atoms with E-state index >= 15 is 0 Å². The molecule has 0 spiro atoms. The molecule has 0 saturated heterocycles. The molecule has 0 unspecified atom stereocenters. The molecular weight excluding hydrogens is 264 g/mol. The van der Waals surface area contributed by atoms with E-state index in [1.807, 2.05) is 0 Å². The van der Waals surface area contributed by atoms with E-state index in [1.165, 1.54) is 19.1 Å². The molecule has 1 N–H and O–H groups in total. The van der Waals surface area contributed by atoms with Crippen LogP contribution in [0.2, 0.25) is 0 Å². The number of hydrogen-bond acceptors (Lipinski definition) is 2. The summed E-state index contributed by atoms with van der Waals surface area (Å²) in [6.45, 7) is 1.33. The molecule has 1 aromatic heterocycles. The zero-order valence-corrected chi connectivity index (χ0v) is 9.82. The Morgan fingerprint density at radius 2 is 1.95 bits per heavy atom. The Kier molecular flexibility index (Phi) is 3.32. The summed E-state index contributed by atoms with van der Waals surface area (Å²) in [7, 11) is 0. The summed E-state index contributed by atoms with van der Waals surface area (Å²) in [5, 5.41) is 12.9. The Morgan fingerprint density at radius 3 is 2.47 bits per heavy atom. The number of nitrogens with zero attached hydrogens (tertiary/aromatic N) is 2. The Morgan fingerprint density at radius 1 is 1.26 bits per heavy atom. The summed E-state index contributed by atoms with van der Waals surface area (Å²) < 4.78 is 51.9. The molecular formula is C12H10F4N2O. The highest BCUT2D eigenvalue weighted by Gasteiger charge is 2.33. The van der Waals surface area contributed by atoms with Crippen LogP contribution in [-0.4, -0.2) is 14.9 Å². The molecule has 1 heterocycles. The molecule has 0 fully saturated rings. The summed E-state index contributed by atoms with van der Waals surface area (Å²) in [5.74, 6) is -0.698. The smallest absolute Gasteiger partial charge is 0.389 e. The Bertz CT molecular complexity index is 590. The van der Waals surface area contributed by atoms with Crippen molar-refractivity contribution in [1.29, 1.82) is 0 Å². The van der Waals surface area contributed by atoms with E-state index in [0.717, 1.165) is 23.0 Å². The summed E-state index contributed by atoms with van der Waals surface area (Å²) >= 11 is 0. The number of hydrogen-bond donors (Lipinski definition) is 1. The summed E-state index contributed by atoms with van der Waals surface area (Å²) in [6, 6.07) is 4.64. The first-order chi connectivity index (χ1) is 8.80. The van der Waals surface area contributed by atoms with E-state index in [9.17, 15) is 22.7 Å². The fraction of sp³-hybridized carbons (Fsp3) is 0.250. The lowest BCUT2D eigenvalue weighted by Gasteiger charge is -2.13. The van der Waals surface area contributed by atoms with Gasteiger partial charge in [0.15, 0.2) is 5.69 Å². The number of rotatable bonds is 2. The predicted octanol–water partition coefficient (Wildman–Crippen LogP) is 3.08. The standard InChI is InChI=1S/C12H10F4N2O/c1-7(19)11-8(13)3-2-4-9(11)18-6-5-10(17-18)12(14,15)16/h2-7,19H,1H3/t7-/m1/s1. The van der Waals surface area contributed by atoms with Crippen LogP contribution in [-0.2, 0) is 6.18 Å². The highest BCUT2D eigenvalue weighted by atomic mass is 19.4. The number of aromatic nitrogens is 2. The molecule has 0 bridgehead atoms. The van der Waals surface area contributed by atoms with Crippen molar-refractivity contribution in [1.82, 2.24) is 9.78 Å². The topological polar surface area (TPSA) is 38.0 Å². The third kappa shape index (κ3) is 2.60. The van der Waals surface area contributed by atoms with Gasteiger partial charge in [-0.05, 0) is 25.1 Å². The average molecular weight is 274 g/mol. The fourth-order valence-corrected chi connectivity index (χ4v) is 1.75. The van der Waals surface area contributed by atoms with Crippen molar-refractivity contribution in [3.63, 3.8) is 0 Å². The van der Waals surface area contributed by atoms with E-state index in [4.69, 9.17) is 0 Å². The molecule has 0 radical (unpaired) electrons. The fourth-order valence-electron chi connectivity index (χ4n) is 1.75. The first-order valence-corrected chi connectivity index (χ1v) is 5.40. The zero-order valence-electron chi connectivity index (χ0n) is 9.82. The normalized spacial score (nSPS) is 13.6. The molecule has 0 aliphatic rings. The van der Waals surface area contributed by atoms with Gasteiger partial charge in [-0.25, -0.2) is 9.07 Å². The summed E-state index contributed by atoms with van der Waals surface area (Å²) in [6.07, 6.45) is -4.65. The van der Waals surface area contributed by atoms with Crippen LogP contribution in [0.5, 0.6) is 0 Å². The van der Waals surface area contributed by atoms with Gasteiger partial charge in [0.25, 0.3) is 0 Å². The number of benzene rings is 1. The highest BCUT2D eigenvalue weighted by molar-refractivity contribution is 5.42. The molecule has 0 aliphatic carbocycles. The molecule has 7 heteroatoms. The molecule has 2 rings (SSSR count). The summed E-state index contributed by atoms with van der Waals surface area (Å²) in [4.78, 5) is 0. The van der Waals surface area contributed by atoms with Crippen LogP contribution in [0.4, 0.5) is 17.6 Å². The van der Waals surface area contributed by atoms with Crippen LogP contribution in [0.3, 0.4) is 0 Å². The molecule has 1 aromatic carbocycles. The number of aliphatic hydroxyl groups excluding tert-OH is 1. The third-order valence-corrected chi connectivity index (χ3v) is 2.57. The summed E-state index contributed by atoms with van der Waals surface area (Å²) in [5.41, 5.74) is -1.10. The van der Waals surface area contributed by atoms with Crippen LogP contribution in [0.1, 0.15) is 24.3 Å². The Balaban J connectivity index is 2.54. The first-order valence-electron chi connectivity index (χ1n) is 5.40. The van der Waals surface area contributed by atoms with Crippen molar-refractivity contribution in [2.45, 2.75) is 19.2 Å². The van der Waals surface area contributed by atoms with Gasteiger partial charge in [0.1, 0.15) is 5.82 Å². The van der Waals surface area contributed by atoms with Crippen molar-refractivity contribution in [3.8, 4) is 5.69 Å². The van der Waals surface area contributed by atoms with Gasteiger partial charge >= 0.3 is 6.18 Å². The minimum Gasteiger partial charge on any atom is -0.389 e. The van der Waals surface area contributed by atoms with E-state index < -0.39 is 23.8 Å². The van der Waals surface area contributed by atoms with Crippen LogP contribution in [0.15, 0.2) is 30.5 Å². The second-order valence-electron chi connectivity index (χ2n) is 3.99. The van der Waals surface area contributed by atoms with Gasteiger partial charge in [0.2, 0.25) is 0 Å². The van der Waals surface area contributed by atoms with Crippen LogP contribution in [0, 0.1) is 5.82 Å². The molecule has 3 nitrogen and oxygen atoms in total. The van der Waals surface area contributed by atoms with Gasteiger partial charge in [-0.3, -0.25) is 0 Å². The lowest BCUT2D eigenvalue weighted by molar-refractivity contribution is -0.141. The van der Waals surface area contributed by atoms with Crippen LogP contribution >= 0.6 is 0 Å². The highest BCUT2D eigenvalue weighted by Crippen LogP contribution is 2.29. The zero-order chi connectivity index (χ0) is 14.2. The van der Waals surface area contributed by atoms with Crippen molar-refractivity contribution in [2.75, 3.05) is 0 Å². The van der Waals surface area contributed by atoms with Crippen molar-refractivity contribution >= 4 is 0 Å². The SMILES string of the molecule is C[C@@H](O)c1c(F)cccc1-n1ccc(C(F)(F)F)n1. The Hall–Kier alpha value is -1.89. The van der Waals surface area contributed by atoms with Gasteiger partial charge in [-0.2, -0.15) is 18.3 Å². The number of alkyl halides is 3. The van der Waals surface area contributed by atoms with Crippen molar-refractivity contribution < 1.29 is 22.7 Å². The second kappa shape index (κ2) is 4.65. The third-order valence-electron chi connectivity index (χ3n) is 2.57. The largest absolute Gasteiger partial charge is 0.435 e. The minimum atomic E-state index is -4.57. The minimum absolute atomic E-state index is 0.0745. The molecule has 2 aromatic rings. The molecule has 1 atom stereocenters. The van der Waals surface area contributed by atoms with E-state index in [0.29, 0.717) is 0 Å². The van der Waals surface area contributed by atoms with Gasteiger partial charge in [-0.1, -0.05) is 6.07 Å². The maximum Gasteiger partial charge on any atom is 0.435 e. The van der Waals surface area contributed by atoms with E-state index in [1.54, 1.807) is 0 Å². The molecule has 0 aliphatic heterocycles. The van der Waals surface area contributed by atoms with Crippen LogP contribution in [0.25, 0.3) is 5.69 Å². The monoisotopic (exact) mass is 274 g/mol. The van der Waals surface area contributed by atoms with Gasteiger partial charge < -0.3 is 5.11 Å². The number of halogens is 4. The lowest BCUT2D eigenvalue weighted by Crippen LogP contribution is -2.09. The van der Waals surface area contributed by atoms with Crippen molar-refractivity contribution in [3.05, 3.63) is 47.5 Å². The van der Waals surface area contributed by atoms with Crippen LogP contribution < -0.4 is 0 Å².